The third kappa shape index (κ3) is 1.94. The summed E-state index contributed by atoms with van der Waals surface area (Å²) in [5.74, 6) is -0.187. The Morgan fingerprint density at radius 1 is 1.19 bits per heavy atom. The first-order valence-electron chi connectivity index (χ1n) is 5.26. The van der Waals surface area contributed by atoms with Gasteiger partial charge in [-0.2, -0.15) is 13.2 Å². The lowest BCUT2D eigenvalue weighted by atomic mass is 9.94. The van der Waals surface area contributed by atoms with E-state index in [9.17, 15) is 18.3 Å². The molecule has 1 N–H and O–H groups in total. The first-order chi connectivity index (χ1) is 7.42. The molecular weight excluding hydrogens is 217 g/mol. The number of alkyl halides is 3. The van der Waals surface area contributed by atoms with Crippen LogP contribution in [0.1, 0.15) is 30.7 Å². The Hall–Kier alpha value is -1.03. The topological polar surface area (TPSA) is 20.2 Å². The smallest absolute Gasteiger partial charge is 0.380 e. The molecule has 0 aromatic heterocycles. The van der Waals surface area contributed by atoms with Crippen molar-refractivity contribution in [3.05, 3.63) is 35.9 Å². The van der Waals surface area contributed by atoms with Crippen LogP contribution >= 0.6 is 0 Å². The summed E-state index contributed by atoms with van der Waals surface area (Å²) in [5, 5.41) is 9.53. The van der Waals surface area contributed by atoms with Gasteiger partial charge in [0.05, 0.1) is 0 Å². The van der Waals surface area contributed by atoms with Crippen LogP contribution in [-0.4, -0.2) is 16.9 Å². The highest BCUT2D eigenvalue weighted by Crippen LogP contribution is 2.48. The molecule has 0 spiro atoms. The van der Waals surface area contributed by atoms with Crippen LogP contribution in [0.3, 0.4) is 0 Å². The lowest BCUT2D eigenvalue weighted by molar-refractivity contribution is -0.257. The van der Waals surface area contributed by atoms with Crippen molar-refractivity contribution in [2.24, 2.45) is 0 Å². The molecule has 2 atom stereocenters. The van der Waals surface area contributed by atoms with Gasteiger partial charge in [-0.1, -0.05) is 30.3 Å². The monoisotopic (exact) mass is 230 g/mol. The van der Waals surface area contributed by atoms with E-state index in [4.69, 9.17) is 0 Å². The van der Waals surface area contributed by atoms with Gasteiger partial charge in [0.15, 0.2) is 5.60 Å². The normalized spacial score (nSPS) is 30.6. The van der Waals surface area contributed by atoms with Crippen molar-refractivity contribution >= 4 is 0 Å². The zero-order chi connectivity index (χ0) is 11.8. The maximum atomic E-state index is 12.6. The highest BCUT2D eigenvalue weighted by molar-refractivity contribution is 5.22. The van der Waals surface area contributed by atoms with Crippen molar-refractivity contribution in [3.63, 3.8) is 0 Å². The van der Waals surface area contributed by atoms with Crippen molar-refractivity contribution in [1.82, 2.24) is 0 Å². The van der Waals surface area contributed by atoms with E-state index in [1.807, 2.05) is 18.2 Å². The van der Waals surface area contributed by atoms with Crippen molar-refractivity contribution < 1.29 is 18.3 Å². The second-order valence-electron chi connectivity index (χ2n) is 4.38. The van der Waals surface area contributed by atoms with Crippen LogP contribution in [0.15, 0.2) is 30.3 Å². The highest BCUT2D eigenvalue weighted by Gasteiger charge is 2.57. The van der Waals surface area contributed by atoms with E-state index in [0.717, 1.165) is 5.56 Å². The lowest BCUT2D eigenvalue weighted by Crippen LogP contribution is -2.42. The van der Waals surface area contributed by atoms with Gasteiger partial charge in [0.1, 0.15) is 0 Å². The third-order valence-corrected chi connectivity index (χ3v) is 3.29. The molecule has 0 radical (unpaired) electrons. The summed E-state index contributed by atoms with van der Waals surface area (Å²) in [6.45, 7) is 0. The molecule has 1 nitrogen and oxygen atoms in total. The molecule has 0 aliphatic heterocycles. The molecule has 1 aliphatic carbocycles. The second-order valence-corrected chi connectivity index (χ2v) is 4.38. The molecule has 0 heterocycles. The minimum atomic E-state index is -4.52. The van der Waals surface area contributed by atoms with Crippen LogP contribution in [0.5, 0.6) is 0 Å². The fourth-order valence-corrected chi connectivity index (χ4v) is 2.29. The fraction of sp³-hybridized carbons (Fsp3) is 0.500. The van der Waals surface area contributed by atoms with Crippen molar-refractivity contribution in [2.45, 2.75) is 37.0 Å². The minimum Gasteiger partial charge on any atom is -0.380 e. The SMILES string of the molecule is OC1(C(F)(F)F)CCC(c2ccccc2)C1. The zero-order valence-corrected chi connectivity index (χ0v) is 8.67. The Balaban J connectivity index is 2.15. The largest absolute Gasteiger partial charge is 0.417 e. The average Bonchev–Trinajstić information content (AvgIpc) is 2.63. The highest BCUT2D eigenvalue weighted by atomic mass is 19.4. The van der Waals surface area contributed by atoms with Crippen LogP contribution in [0, 0.1) is 0 Å². The molecule has 2 rings (SSSR count). The van der Waals surface area contributed by atoms with E-state index < -0.39 is 11.8 Å². The Kier molecular flexibility index (Phi) is 2.70. The van der Waals surface area contributed by atoms with E-state index >= 15 is 0 Å². The first kappa shape index (κ1) is 11.5. The molecule has 1 aliphatic rings. The molecule has 1 aromatic carbocycles. The van der Waals surface area contributed by atoms with Gasteiger partial charge >= 0.3 is 6.18 Å². The van der Waals surface area contributed by atoms with Crippen molar-refractivity contribution in [3.8, 4) is 0 Å². The number of halogens is 3. The number of aliphatic hydroxyl groups is 1. The quantitative estimate of drug-likeness (QED) is 0.785. The van der Waals surface area contributed by atoms with E-state index in [1.165, 1.54) is 0 Å². The molecule has 0 saturated heterocycles. The number of hydrogen-bond donors (Lipinski definition) is 1. The Morgan fingerprint density at radius 3 is 2.31 bits per heavy atom. The van der Waals surface area contributed by atoms with Crippen molar-refractivity contribution in [1.29, 1.82) is 0 Å². The molecule has 0 amide bonds. The number of benzene rings is 1. The Morgan fingerprint density at radius 2 is 1.81 bits per heavy atom. The van der Waals surface area contributed by atoms with Gasteiger partial charge < -0.3 is 5.11 Å². The van der Waals surface area contributed by atoms with Crippen LogP contribution in [0.2, 0.25) is 0 Å². The van der Waals surface area contributed by atoms with Crippen LogP contribution in [-0.2, 0) is 0 Å². The molecule has 1 aromatic rings. The summed E-state index contributed by atoms with van der Waals surface area (Å²) in [5.41, 5.74) is -1.62. The third-order valence-electron chi connectivity index (χ3n) is 3.29. The molecule has 1 saturated carbocycles. The van der Waals surface area contributed by atoms with Gasteiger partial charge in [-0.15, -0.1) is 0 Å². The predicted octanol–water partition coefficient (Wildman–Crippen LogP) is 3.25. The summed E-state index contributed by atoms with van der Waals surface area (Å²) in [4.78, 5) is 0. The summed E-state index contributed by atoms with van der Waals surface area (Å²) < 4.78 is 37.8. The first-order valence-corrected chi connectivity index (χ1v) is 5.26. The van der Waals surface area contributed by atoms with Gasteiger partial charge in [-0.3, -0.25) is 0 Å². The van der Waals surface area contributed by atoms with Gasteiger partial charge in [0.25, 0.3) is 0 Å². The molecule has 0 bridgehead atoms. The number of rotatable bonds is 1. The summed E-state index contributed by atoms with van der Waals surface area (Å²) >= 11 is 0. The molecule has 16 heavy (non-hydrogen) atoms. The zero-order valence-electron chi connectivity index (χ0n) is 8.67. The predicted molar refractivity (Wildman–Crippen MR) is 54.0 cm³/mol. The molecule has 1 fully saturated rings. The summed E-state index contributed by atoms with van der Waals surface area (Å²) in [6, 6.07) is 9.06. The van der Waals surface area contributed by atoms with Crippen LogP contribution in [0.25, 0.3) is 0 Å². The maximum absolute atomic E-state index is 12.6. The molecule has 4 heteroatoms. The van der Waals surface area contributed by atoms with Gasteiger partial charge in [-0.25, -0.2) is 0 Å². The van der Waals surface area contributed by atoms with Gasteiger partial charge in [0, 0.05) is 0 Å². The molecule has 2 unspecified atom stereocenters. The maximum Gasteiger partial charge on any atom is 0.417 e. The molecular formula is C12H13F3O. The minimum absolute atomic E-state index is 0.187. The Bertz CT molecular complexity index is 360. The van der Waals surface area contributed by atoms with Crippen LogP contribution < -0.4 is 0 Å². The van der Waals surface area contributed by atoms with E-state index in [1.54, 1.807) is 12.1 Å². The van der Waals surface area contributed by atoms with Gasteiger partial charge in [0.2, 0.25) is 0 Å². The molecule has 88 valence electrons. The lowest BCUT2D eigenvalue weighted by Gasteiger charge is -2.25. The summed E-state index contributed by atoms with van der Waals surface area (Å²) in [7, 11) is 0. The van der Waals surface area contributed by atoms with E-state index in [-0.39, 0.29) is 18.8 Å². The van der Waals surface area contributed by atoms with E-state index in [0.29, 0.717) is 6.42 Å². The number of hydrogen-bond acceptors (Lipinski definition) is 1. The fourth-order valence-electron chi connectivity index (χ4n) is 2.29. The summed E-state index contributed by atoms with van der Waals surface area (Å²) in [6.07, 6.45) is -4.55. The van der Waals surface area contributed by atoms with Crippen molar-refractivity contribution in [2.75, 3.05) is 0 Å². The van der Waals surface area contributed by atoms with Crippen LogP contribution in [0.4, 0.5) is 13.2 Å². The van der Waals surface area contributed by atoms with Gasteiger partial charge in [-0.05, 0) is 30.7 Å². The van der Waals surface area contributed by atoms with E-state index in [2.05, 4.69) is 0 Å². The second kappa shape index (κ2) is 3.77. The Labute approximate surface area is 91.9 Å². The average molecular weight is 230 g/mol. The standard InChI is InChI=1S/C12H13F3O/c13-12(14,15)11(16)7-6-10(8-11)9-4-2-1-3-5-9/h1-5,10,16H,6-8H2.